The van der Waals surface area contributed by atoms with Crippen LogP contribution in [0.2, 0.25) is 0 Å². The summed E-state index contributed by atoms with van der Waals surface area (Å²) in [5.74, 6) is -0.132. The minimum Gasteiger partial charge on any atom is -0.430 e. The van der Waals surface area contributed by atoms with Gasteiger partial charge in [0.2, 0.25) is 0 Å². The van der Waals surface area contributed by atoms with Crippen molar-refractivity contribution >= 4 is 5.91 Å². The average molecular weight is 266 g/mol. The van der Waals surface area contributed by atoms with Crippen molar-refractivity contribution in [2.24, 2.45) is 11.1 Å². The van der Waals surface area contributed by atoms with Crippen molar-refractivity contribution in [3.05, 3.63) is 34.4 Å². The van der Waals surface area contributed by atoms with Crippen LogP contribution in [-0.2, 0) is 0 Å². The van der Waals surface area contributed by atoms with Gasteiger partial charge in [0.15, 0.2) is 0 Å². The Hall–Kier alpha value is -1.62. The second-order valence-corrected chi connectivity index (χ2v) is 5.44. The van der Waals surface area contributed by atoms with Gasteiger partial charge in [0.25, 0.3) is 5.91 Å². The van der Waals surface area contributed by atoms with E-state index in [9.17, 15) is 9.59 Å². The van der Waals surface area contributed by atoms with Crippen LogP contribution in [0.25, 0.3) is 0 Å². The highest BCUT2D eigenvalue weighted by atomic mass is 16.4. The van der Waals surface area contributed by atoms with Gasteiger partial charge in [-0.3, -0.25) is 4.79 Å². The zero-order chi connectivity index (χ0) is 14.5. The number of carbonyl (C=O) groups is 1. The molecule has 0 aromatic carbocycles. The third kappa shape index (κ3) is 4.52. The van der Waals surface area contributed by atoms with Crippen LogP contribution in [0.15, 0.2) is 27.6 Å². The number of nitrogens with zero attached hydrogens (tertiary/aromatic N) is 1. The molecular weight excluding hydrogens is 244 g/mol. The van der Waals surface area contributed by atoms with Gasteiger partial charge in [0.05, 0.1) is 5.56 Å². The Morgan fingerprint density at radius 1 is 1.42 bits per heavy atom. The maximum atomic E-state index is 12.4. The van der Waals surface area contributed by atoms with E-state index in [0.717, 1.165) is 6.42 Å². The van der Waals surface area contributed by atoms with Crippen LogP contribution < -0.4 is 11.4 Å². The molecule has 0 aliphatic carbocycles. The Labute approximate surface area is 113 Å². The molecule has 1 aromatic rings. The average Bonchev–Trinajstić information content (AvgIpc) is 2.38. The van der Waals surface area contributed by atoms with E-state index in [1.165, 1.54) is 18.4 Å². The molecule has 106 valence electrons. The van der Waals surface area contributed by atoms with Crippen molar-refractivity contribution < 1.29 is 9.21 Å². The van der Waals surface area contributed by atoms with Crippen LogP contribution in [0.1, 0.15) is 37.6 Å². The lowest BCUT2D eigenvalue weighted by Gasteiger charge is -2.31. The van der Waals surface area contributed by atoms with Crippen molar-refractivity contribution in [2.75, 3.05) is 19.6 Å². The van der Waals surface area contributed by atoms with Crippen molar-refractivity contribution in [1.29, 1.82) is 0 Å². The first-order valence-corrected chi connectivity index (χ1v) is 6.48. The fraction of sp³-hybridized carbons (Fsp3) is 0.571. The first-order chi connectivity index (χ1) is 8.89. The Morgan fingerprint density at radius 2 is 2.11 bits per heavy atom. The molecular formula is C14H22N2O3. The summed E-state index contributed by atoms with van der Waals surface area (Å²) in [7, 11) is 0. The van der Waals surface area contributed by atoms with E-state index >= 15 is 0 Å². The van der Waals surface area contributed by atoms with Gasteiger partial charge in [0, 0.05) is 19.2 Å². The molecule has 0 unspecified atom stereocenters. The second-order valence-electron chi connectivity index (χ2n) is 5.44. The fourth-order valence-electron chi connectivity index (χ4n) is 1.77. The van der Waals surface area contributed by atoms with E-state index in [1.807, 2.05) is 20.8 Å². The predicted molar refractivity (Wildman–Crippen MR) is 74.0 cm³/mol. The van der Waals surface area contributed by atoms with Gasteiger partial charge in [-0.05, 0) is 24.4 Å². The first kappa shape index (κ1) is 15.4. The molecule has 1 aromatic heterocycles. The Bertz CT molecular complexity index is 459. The van der Waals surface area contributed by atoms with Crippen LogP contribution >= 0.6 is 0 Å². The zero-order valence-electron chi connectivity index (χ0n) is 11.8. The third-order valence-corrected chi connectivity index (χ3v) is 2.90. The number of rotatable bonds is 6. The Balaban J connectivity index is 2.89. The number of amides is 1. The number of nitrogens with two attached hydrogens (primary N) is 1. The summed E-state index contributed by atoms with van der Waals surface area (Å²) < 4.78 is 4.74. The second kappa shape index (κ2) is 6.52. The molecule has 0 spiro atoms. The van der Waals surface area contributed by atoms with Crippen LogP contribution in [0.3, 0.4) is 0 Å². The lowest BCUT2D eigenvalue weighted by atomic mass is 9.93. The molecule has 0 radical (unpaired) electrons. The molecule has 5 heteroatoms. The van der Waals surface area contributed by atoms with Gasteiger partial charge in [-0.1, -0.05) is 20.8 Å². The summed E-state index contributed by atoms with van der Waals surface area (Å²) in [6, 6.07) is 2.75. The molecule has 0 bridgehead atoms. The third-order valence-electron chi connectivity index (χ3n) is 2.90. The van der Waals surface area contributed by atoms with Gasteiger partial charge in [-0.15, -0.1) is 0 Å². The highest BCUT2D eigenvalue weighted by Crippen LogP contribution is 2.17. The molecule has 0 saturated carbocycles. The van der Waals surface area contributed by atoms with Crippen LogP contribution in [0, 0.1) is 5.41 Å². The van der Waals surface area contributed by atoms with Crippen LogP contribution in [0.5, 0.6) is 0 Å². The molecule has 5 nitrogen and oxygen atoms in total. The van der Waals surface area contributed by atoms with Crippen molar-refractivity contribution in [2.45, 2.75) is 27.2 Å². The number of hydrogen-bond donors (Lipinski definition) is 1. The van der Waals surface area contributed by atoms with Crippen molar-refractivity contribution in [1.82, 2.24) is 4.90 Å². The standard InChI is InChI=1S/C14H22N2O3/c1-4-7-16(10-14(2,3)9-15)13(18)11-5-6-12(17)19-8-11/h5-6,8H,4,7,9-10,15H2,1-3H3. The Kier molecular flexibility index (Phi) is 5.30. The van der Waals surface area contributed by atoms with Crippen LogP contribution in [-0.4, -0.2) is 30.4 Å². The minimum absolute atomic E-state index is 0.132. The highest BCUT2D eigenvalue weighted by molar-refractivity contribution is 5.93. The normalized spacial score (nSPS) is 11.4. The van der Waals surface area contributed by atoms with Gasteiger partial charge >= 0.3 is 5.63 Å². The van der Waals surface area contributed by atoms with E-state index < -0.39 is 5.63 Å². The molecule has 0 fully saturated rings. The minimum atomic E-state index is -0.458. The quantitative estimate of drug-likeness (QED) is 0.846. The maximum Gasteiger partial charge on any atom is 0.335 e. The largest absolute Gasteiger partial charge is 0.430 e. The van der Waals surface area contributed by atoms with Gasteiger partial charge < -0.3 is 15.1 Å². The summed E-state index contributed by atoms with van der Waals surface area (Å²) in [6.07, 6.45) is 2.08. The Morgan fingerprint density at radius 3 is 2.58 bits per heavy atom. The van der Waals surface area contributed by atoms with Gasteiger partial charge in [-0.2, -0.15) is 0 Å². The molecule has 19 heavy (non-hydrogen) atoms. The van der Waals surface area contributed by atoms with E-state index in [-0.39, 0.29) is 11.3 Å². The molecule has 1 heterocycles. The molecule has 2 N–H and O–H groups in total. The monoisotopic (exact) mass is 266 g/mol. The van der Waals surface area contributed by atoms with E-state index in [2.05, 4.69) is 0 Å². The summed E-state index contributed by atoms with van der Waals surface area (Å²) >= 11 is 0. The molecule has 1 amide bonds. The number of carbonyl (C=O) groups excluding carboxylic acids is 1. The molecule has 0 aliphatic heterocycles. The molecule has 0 saturated heterocycles. The summed E-state index contributed by atoms with van der Waals surface area (Å²) in [4.78, 5) is 25.0. The van der Waals surface area contributed by atoms with Crippen molar-refractivity contribution in [3.8, 4) is 0 Å². The topological polar surface area (TPSA) is 76.5 Å². The molecule has 0 atom stereocenters. The summed E-state index contributed by atoms with van der Waals surface area (Å²) in [6.45, 7) is 7.80. The van der Waals surface area contributed by atoms with Gasteiger partial charge in [0.1, 0.15) is 6.26 Å². The highest BCUT2D eigenvalue weighted by Gasteiger charge is 2.24. The van der Waals surface area contributed by atoms with Crippen LogP contribution in [0.4, 0.5) is 0 Å². The van der Waals surface area contributed by atoms with Gasteiger partial charge in [-0.25, -0.2) is 4.79 Å². The lowest BCUT2D eigenvalue weighted by Crippen LogP contribution is -2.42. The van der Waals surface area contributed by atoms with E-state index in [0.29, 0.717) is 25.2 Å². The maximum absolute atomic E-state index is 12.4. The molecule has 0 aliphatic rings. The summed E-state index contributed by atoms with van der Waals surface area (Å²) in [5, 5.41) is 0. The summed E-state index contributed by atoms with van der Waals surface area (Å²) in [5.41, 5.74) is 5.51. The molecule has 1 rings (SSSR count). The predicted octanol–water partition coefficient (Wildman–Crippen LogP) is 1.48. The van der Waals surface area contributed by atoms with Crippen molar-refractivity contribution in [3.63, 3.8) is 0 Å². The lowest BCUT2D eigenvalue weighted by molar-refractivity contribution is 0.0686. The zero-order valence-corrected chi connectivity index (χ0v) is 11.8. The smallest absolute Gasteiger partial charge is 0.335 e. The SMILES string of the molecule is CCCN(CC(C)(C)CN)C(=O)c1ccc(=O)oc1. The number of hydrogen-bond acceptors (Lipinski definition) is 4. The first-order valence-electron chi connectivity index (χ1n) is 6.48. The van der Waals surface area contributed by atoms with E-state index in [4.69, 9.17) is 10.2 Å². The van der Waals surface area contributed by atoms with E-state index in [1.54, 1.807) is 4.90 Å². The fourth-order valence-corrected chi connectivity index (χ4v) is 1.77.